The van der Waals surface area contributed by atoms with Crippen LogP contribution in [0.5, 0.6) is 5.75 Å². The minimum Gasteiger partial charge on any atom is -0.491 e. The van der Waals surface area contributed by atoms with Crippen molar-refractivity contribution in [3.05, 3.63) is 29.3 Å². The van der Waals surface area contributed by atoms with Crippen LogP contribution in [-0.2, 0) is 4.79 Å². The molecule has 0 saturated carbocycles. The summed E-state index contributed by atoms with van der Waals surface area (Å²) < 4.78 is 5.65. The van der Waals surface area contributed by atoms with Crippen LogP contribution < -0.4 is 10.1 Å². The molecule has 1 unspecified atom stereocenters. The molecule has 0 fully saturated rings. The Bertz CT molecular complexity index is 431. The lowest BCUT2D eigenvalue weighted by Crippen LogP contribution is -2.53. The summed E-state index contributed by atoms with van der Waals surface area (Å²) in [4.78, 5) is 11.2. The zero-order valence-corrected chi connectivity index (χ0v) is 11.4. The third kappa shape index (κ3) is 3.23. The van der Waals surface area contributed by atoms with Crippen LogP contribution in [0.3, 0.4) is 0 Å². The second-order valence-corrected chi connectivity index (χ2v) is 4.65. The lowest BCUT2D eigenvalue weighted by molar-refractivity contribution is -0.145. The lowest BCUT2D eigenvalue weighted by Gasteiger charge is -2.26. The minimum absolute atomic E-state index is 0.0977. The summed E-state index contributed by atoms with van der Waals surface area (Å²) in [5.41, 5.74) is 1.11. The van der Waals surface area contributed by atoms with Crippen LogP contribution in [0.15, 0.2) is 18.2 Å². The van der Waals surface area contributed by atoms with Gasteiger partial charge in [-0.3, -0.25) is 10.1 Å². The van der Waals surface area contributed by atoms with Crippen molar-refractivity contribution >= 4 is 5.97 Å². The number of aryl methyl sites for hydroxylation is 1. The van der Waals surface area contributed by atoms with Crippen LogP contribution >= 0.6 is 0 Å². The zero-order chi connectivity index (χ0) is 13.8. The topological polar surface area (TPSA) is 58.6 Å². The first-order valence-electron chi connectivity index (χ1n) is 6.08. The van der Waals surface area contributed by atoms with Crippen molar-refractivity contribution < 1.29 is 14.6 Å². The molecule has 0 aliphatic rings. The predicted molar refractivity (Wildman–Crippen MR) is 71.1 cm³/mol. The van der Waals surface area contributed by atoms with E-state index < -0.39 is 11.5 Å². The summed E-state index contributed by atoms with van der Waals surface area (Å²) in [7, 11) is 0. The number of likely N-dealkylation sites (N-methyl/N-ethyl adjacent to an activating group) is 1. The van der Waals surface area contributed by atoms with Gasteiger partial charge in [0, 0.05) is 0 Å². The number of hydrogen-bond acceptors (Lipinski definition) is 3. The highest BCUT2D eigenvalue weighted by Gasteiger charge is 2.33. The van der Waals surface area contributed by atoms with E-state index in [0.29, 0.717) is 6.54 Å². The molecule has 4 heteroatoms. The molecule has 4 nitrogen and oxygen atoms in total. The maximum atomic E-state index is 11.2. The number of ether oxygens (including phenoxy) is 1. The molecule has 1 aromatic carbocycles. The maximum Gasteiger partial charge on any atom is 0.327 e. The second-order valence-electron chi connectivity index (χ2n) is 4.65. The number of carboxylic acid groups (broad SMARTS) is 1. The highest BCUT2D eigenvalue weighted by molar-refractivity contribution is 5.78. The largest absolute Gasteiger partial charge is 0.491 e. The quantitative estimate of drug-likeness (QED) is 0.813. The van der Waals surface area contributed by atoms with Crippen molar-refractivity contribution in [2.75, 3.05) is 13.2 Å². The normalized spacial score (nSPS) is 14.0. The van der Waals surface area contributed by atoms with Gasteiger partial charge >= 0.3 is 5.97 Å². The number of carboxylic acids is 1. The van der Waals surface area contributed by atoms with Gasteiger partial charge in [0.25, 0.3) is 0 Å². The Balaban J connectivity index is 2.79. The van der Waals surface area contributed by atoms with Crippen molar-refractivity contribution in [3.8, 4) is 5.75 Å². The van der Waals surface area contributed by atoms with Crippen LogP contribution in [0.2, 0.25) is 0 Å². The Hall–Kier alpha value is -1.55. The van der Waals surface area contributed by atoms with Crippen molar-refractivity contribution in [1.29, 1.82) is 0 Å². The minimum atomic E-state index is -1.06. The Morgan fingerprint density at radius 1 is 1.44 bits per heavy atom. The molecule has 18 heavy (non-hydrogen) atoms. The summed E-state index contributed by atoms with van der Waals surface area (Å²) >= 11 is 0. The highest BCUT2D eigenvalue weighted by Crippen LogP contribution is 2.21. The number of hydrogen-bond donors (Lipinski definition) is 2. The fourth-order valence-corrected chi connectivity index (χ4v) is 1.68. The molecule has 0 spiro atoms. The molecule has 0 aliphatic carbocycles. The van der Waals surface area contributed by atoms with Crippen LogP contribution in [0.4, 0.5) is 0 Å². The molecule has 2 N–H and O–H groups in total. The van der Waals surface area contributed by atoms with Gasteiger partial charge in [0.05, 0.1) is 0 Å². The van der Waals surface area contributed by atoms with Crippen LogP contribution in [0.1, 0.15) is 25.0 Å². The third-order valence-electron chi connectivity index (χ3n) is 3.11. The van der Waals surface area contributed by atoms with Crippen molar-refractivity contribution in [2.24, 2.45) is 0 Å². The van der Waals surface area contributed by atoms with Gasteiger partial charge in [-0.15, -0.1) is 0 Å². The fraction of sp³-hybridized carbons (Fsp3) is 0.500. The average Bonchev–Trinajstić information content (AvgIpc) is 2.31. The summed E-state index contributed by atoms with van der Waals surface area (Å²) in [5, 5.41) is 12.2. The first kappa shape index (κ1) is 14.5. The summed E-state index contributed by atoms with van der Waals surface area (Å²) in [6, 6.07) is 5.77. The van der Waals surface area contributed by atoms with E-state index in [1.807, 2.05) is 39.0 Å². The maximum absolute atomic E-state index is 11.2. The van der Waals surface area contributed by atoms with Gasteiger partial charge in [0.1, 0.15) is 17.9 Å². The van der Waals surface area contributed by atoms with Gasteiger partial charge < -0.3 is 9.84 Å². The molecule has 0 saturated heterocycles. The van der Waals surface area contributed by atoms with Gasteiger partial charge in [-0.05, 0) is 44.5 Å². The van der Waals surface area contributed by atoms with Gasteiger partial charge in [-0.2, -0.15) is 0 Å². The first-order chi connectivity index (χ1) is 8.40. The van der Waals surface area contributed by atoms with Crippen LogP contribution in [0, 0.1) is 13.8 Å². The van der Waals surface area contributed by atoms with Crippen molar-refractivity contribution in [1.82, 2.24) is 5.32 Å². The summed E-state index contributed by atoms with van der Waals surface area (Å²) in [6.07, 6.45) is 0. The Morgan fingerprint density at radius 2 is 2.11 bits per heavy atom. The highest BCUT2D eigenvalue weighted by atomic mass is 16.5. The molecule has 0 bridgehead atoms. The number of benzene rings is 1. The van der Waals surface area contributed by atoms with E-state index in [1.54, 1.807) is 6.92 Å². The fourth-order valence-electron chi connectivity index (χ4n) is 1.68. The number of rotatable bonds is 6. The number of nitrogens with one attached hydrogen (secondary N) is 1. The molecule has 0 aromatic heterocycles. The average molecular weight is 251 g/mol. The molecule has 1 aromatic rings. The molecule has 1 rings (SSSR count). The number of aliphatic carboxylic acids is 1. The molecule has 100 valence electrons. The van der Waals surface area contributed by atoms with Gasteiger partial charge in [-0.1, -0.05) is 19.1 Å². The van der Waals surface area contributed by atoms with Crippen molar-refractivity contribution in [2.45, 2.75) is 33.2 Å². The van der Waals surface area contributed by atoms with Gasteiger partial charge in [0.2, 0.25) is 0 Å². The van der Waals surface area contributed by atoms with E-state index in [2.05, 4.69) is 5.32 Å². The van der Waals surface area contributed by atoms with Crippen molar-refractivity contribution in [3.63, 3.8) is 0 Å². The van der Waals surface area contributed by atoms with Gasteiger partial charge in [-0.25, -0.2) is 0 Å². The molecule has 0 amide bonds. The second kappa shape index (κ2) is 5.87. The van der Waals surface area contributed by atoms with Gasteiger partial charge in [0.15, 0.2) is 0 Å². The van der Waals surface area contributed by atoms with Crippen LogP contribution in [0.25, 0.3) is 0 Å². The summed E-state index contributed by atoms with van der Waals surface area (Å²) in [6.45, 7) is 8.15. The molecule has 1 atom stereocenters. The Kier molecular flexibility index (Phi) is 4.73. The molecule has 0 heterocycles. The molecular weight excluding hydrogens is 230 g/mol. The van der Waals surface area contributed by atoms with E-state index in [1.165, 1.54) is 0 Å². The van der Waals surface area contributed by atoms with E-state index in [-0.39, 0.29) is 6.61 Å². The Morgan fingerprint density at radius 3 is 2.67 bits per heavy atom. The lowest BCUT2D eigenvalue weighted by atomic mass is 10.0. The van der Waals surface area contributed by atoms with Crippen LogP contribution in [-0.4, -0.2) is 29.8 Å². The standard InChI is InChI=1S/C14H21NO3/c1-5-15-14(4,13(16)17)9-18-12-8-6-7-10(2)11(12)3/h6-8,15H,5,9H2,1-4H3,(H,16,17). The summed E-state index contributed by atoms with van der Waals surface area (Å²) in [5.74, 6) is -0.171. The zero-order valence-electron chi connectivity index (χ0n) is 11.4. The predicted octanol–water partition coefficient (Wildman–Crippen LogP) is 2.14. The van der Waals surface area contributed by atoms with E-state index in [9.17, 15) is 9.90 Å². The monoisotopic (exact) mass is 251 g/mol. The smallest absolute Gasteiger partial charge is 0.327 e. The SMILES string of the molecule is CCNC(C)(COc1cccc(C)c1C)C(=O)O. The molecular formula is C14H21NO3. The third-order valence-corrected chi connectivity index (χ3v) is 3.11. The molecule has 0 radical (unpaired) electrons. The Labute approximate surface area is 108 Å². The first-order valence-corrected chi connectivity index (χ1v) is 6.08. The molecule has 0 aliphatic heterocycles. The van der Waals surface area contributed by atoms with E-state index >= 15 is 0 Å². The van der Waals surface area contributed by atoms with E-state index in [4.69, 9.17) is 4.74 Å². The number of carbonyl (C=O) groups is 1. The van der Waals surface area contributed by atoms with E-state index in [0.717, 1.165) is 16.9 Å².